The Balaban J connectivity index is 2.10. The van der Waals surface area contributed by atoms with Crippen LogP contribution in [-0.2, 0) is 0 Å². The van der Waals surface area contributed by atoms with Gasteiger partial charge >= 0.3 is 0 Å². The fourth-order valence-electron chi connectivity index (χ4n) is 3.41. The lowest BCUT2D eigenvalue weighted by Gasteiger charge is -2.23. The van der Waals surface area contributed by atoms with Crippen molar-refractivity contribution < 1.29 is 0 Å². The van der Waals surface area contributed by atoms with Crippen molar-refractivity contribution in [3.05, 3.63) is 93.7 Å². The molecule has 1 aliphatic heterocycles. The van der Waals surface area contributed by atoms with Gasteiger partial charge in [0.2, 0.25) is 0 Å². The number of hydrogen-bond donors (Lipinski definition) is 1. The number of hydrogen-bond acceptors (Lipinski definition) is 5. The maximum atomic E-state index is 13.1. The van der Waals surface area contributed by atoms with E-state index in [-0.39, 0.29) is 17.0 Å². The zero-order valence-electron chi connectivity index (χ0n) is 15.3. The summed E-state index contributed by atoms with van der Waals surface area (Å²) in [4.78, 5) is 13.1. The number of halogens is 2. The average Bonchev–Trinajstić information content (AvgIpc) is 3.06. The molecule has 1 unspecified atom stereocenters. The third kappa shape index (κ3) is 3.23. The number of aromatic nitrogens is 1. The first-order chi connectivity index (χ1) is 14.5. The fourth-order valence-corrected chi connectivity index (χ4v) is 5.44. The Labute approximate surface area is 192 Å². The predicted molar refractivity (Wildman–Crippen MR) is 124 cm³/mol. The molecule has 0 saturated heterocycles. The minimum absolute atomic E-state index is 0.0558. The van der Waals surface area contributed by atoms with Gasteiger partial charge in [-0.15, -0.1) is 11.3 Å². The lowest BCUT2D eigenvalue weighted by molar-refractivity contribution is 0.904. The Morgan fingerprint density at radius 2 is 1.63 bits per heavy atom. The number of nitrogens with zero attached hydrogens (tertiary/aromatic N) is 3. The van der Waals surface area contributed by atoms with Crippen molar-refractivity contribution in [3.8, 4) is 12.1 Å². The second kappa shape index (κ2) is 8.08. The molecule has 30 heavy (non-hydrogen) atoms. The molecule has 0 bridgehead atoms. The Bertz CT molecular complexity index is 1480. The summed E-state index contributed by atoms with van der Waals surface area (Å²) in [5.41, 5.74) is 8.02. The van der Waals surface area contributed by atoms with Crippen LogP contribution in [0.15, 0.2) is 67.8 Å². The van der Waals surface area contributed by atoms with Gasteiger partial charge in [0.25, 0.3) is 5.56 Å². The van der Waals surface area contributed by atoms with Crippen molar-refractivity contribution in [1.82, 2.24) is 4.57 Å². The van der Waals surface area contributed by atoms with E-state index in [0.29, 0.717) is 14.8 Å². The van der Waals surface area contributed by atoms with E-state index in [4.69, 9.17) is 5.73 Å². The van der Waals surface area contributed by atoms with E-state index in [1.807, 2.05) is 48.5 Å². The number of nitrogens with two attached hydrogens (primary N) is 1. The quantitative estimate of drug-likeness (QED) is 0.540. The molecule has 1 aromatic heterocycles. The largest absolute Gasteiger partial charge is 0.384 e. The Hall–Kier alpha value is -2.91. The van der Waals surface area contributed by atoms with Crippen molar-refractivity contribution in [2.24, 2.45) is 5.73 Å². The van der Waals surface area contributed by atoms with Crippen LogP contribution in [-0.4, -0.2) is 4.57 Å². The van der Waals surface area contributed by atoms with Gasteiger partial charge in [-0.2, -0.15) is 10.5 Å². The van der Waals surface area contributed by atoms with Gasteiger partial charge in [0.15, 0.2) is 0 Å². The number of fused-ring (bicyclic) bond motifs is 1. The number of rotatable bonds is 2. The van der Waals surface area contributed by atoms with Crippen LogP contribution in [0, 0.1) is 22.7 Å². The highest BCUT2D eigenvalue weighted by molar-refractivity contribution is 9.10. The van der Waals surface area contributed by atoms with E-state index in [1.165, 1.54) is 15.9 Å². The van der Waals surface area contributed by atoms with E-state index in [9.17, 15) is 15.3 Å². The van der Waals surface area contributed by atoms with E-state index in [1.54, 1.807) is 6.08 Å². The van der Waals surface area contributed by atoms with E-state index < -0.39 is 5.92 Å². The lowest BCUT2D eigenvalue weighted by Crippen LogP contribution is -2.38. The summed E-state index contributed by atoms with van der Waals surface area (Å²) >= 11 is 8.18. The second-order valence-electron chi connectivity index (χ2n) is 6.47. The maximum Gasteiger partial charge on any atom is 0.274 e. The molecule has 0 radical (unpaired) electrons. The van der Waals surface area contributed by atoms with Gasteiger partial charge in [0.1, 0.15) is 10.5 Å². The van der Waals surface area contributed by atoms with Crippen molar-refractivity contribution in [3.63, 3.8) is 0 Å². The van der Waals surface area contributed by atoms with E-state index in [0.717, 1.165) is 20.1 Å². The number of allylic oxidation sites excluding steroid dienone is 1. The van der Waals surface area contributed by atoms with Crippen LogP contribution in [0.1, 0.15) is 17.0 Å². The highest BCUT2D eigenvalue weighted by Gasteiger charge is 2.33. The molecule has 4 rings (SSSR count). The molecule has 5 nitrogen and oxygen atoms in total. The fraction of sp³-hybridized carbons (Fsp3) is 0.0455. The predicted octanol–water partition coefficient (Wildman–Crippen LogP) is 3.39. The van der Waals surface area contributed by atoms with Gasteiger partial charge in [0, 0.05) is 8.95 Å². The summed E-state index contributed by atoms with van der Waals surface area (Å²) in [6.07, 6.45) is 1.75. The summed E-state index contributed by atoms with van der Waals surface area (Å²) in [6.45, 7) is 0. The average molecular weight is 540 g/mol. The maximum absolute atomic E-state index is 13.1. The second-order valence-corrected chi connectivity index (χ2v) is 9.21. The molecule has 1 atom stereocenters. The summed E-state index contributed by atoms with van der Waals surface area (Å²) in [5, 5.41) is 19.8. The third-order valence-electron chi connectivity index (χ3n) is 4.80. The first kappa shape index (κ1) is 20.4. The molecule has 0 aliphatic carbocycles. The molecule has 2 N–H and O–H groups in total. The summed E-state index contributed by atoms with van der Waals surface area (Å²) in [7, 11) is 0. The first-order valence-electron chi connectivity index (χ1n) is 8.75. The molecular formula is C22H12Br2N4OS. The molecule has 0 fully saturated rings. The van der Waals surface area contributed by atoms with Gasteiger partial charge in [-0.25, -0.2) is 0 Å². The van der Waals surface area contributed by atoms with Gasteiger partial charge in [-0.3, -0.25) is 9.36 Å². The van der Waals surface area contributed by atoms with Gasteiger partial charge < -0.3 is 5.73 Å². The van der Waals surface area contributed by atoms with Crippen molar-refractivity contribution in [2.45, 2.75) is 5.92 Å². The van der Waals surface area contributed by atoms with Crippen molar-refractivity contribution >= 4 is 60.7 Å². The van der Waals surface area contributed by atoms with Crippen molar-refractivity contribution in [1.29, 1.82) is 10.5 Å². The molecule has 2 aromatic carbocycles. The zero-order chi connectivity index (χ0) is 21.4. The molecule has 8 heteroatoms. The SMILES string of the molecule is N#CC1=C(N)n2c(sc(=Cc3ccccc3Br)c2=O)=C(C#N)C1c1ccccc1Br. The molecule has 0 spiro atoms. The van der Waals surface area contributed by atoms with Gasteiger partial charge in [0.05, 0.1) is 33.7 Å². The van der Waals surface area contributed by atoms with E-state index >= 15 is 0 Å². The highest BCUT2D eigenvalue weighted by atomic mass is 79.9. The van der Waals surface area contributed by atoms with Gasteiger partial charge in [-0.05, 0) is 29.3 Å². The van der Waals surface area contributed by atoms with Crippen molar-refractivity contribution in [2.75, 3.05) is 0 Å². The molecule has 3 aromatic rings. The van der Waals surface area contributed by atoms with Crippen LogP contribution in [0.5, 0.6) is 0 Å². The number of thiazole rings is 1. The van der Waals surface area contributed by atoms with Crippen LogP contribution >= 0.6 is 43.2 Å². The zero-order valence-corrected chi connectivity index (χ0v) is 19.3. The minimum Gasteiger partial charge on any atom is -0.384 e. The first-order valence-corrected chi connectivity index (χ1v) is 11.1. The number of benzene rings is 2. The Morgan fingerprint density at radius 1 is 1.00 bits per heavy atom. The monoisotopic (exact) mass is 538 g/mol. The van der Waals surface area contributed by atoms with Crippen LogP contribution in [0.3, 0.4) is 0 Å². The Morgan fingerprint density at radius 3 is 2.27 bits per heavy atom. The Kier molecular flexibility index (Phi) is 5.48. The van der Waals surface area contributed by atoms with E-state index in [2.05, 4.69) is 44.0 Å². The normalized spacial score (nSPS) is 16.2. The lowest BCUT2D eigenvalue weighted by atomic mass is 9.84. The molecule has 1 aliphatic rings. The van der Waals surface area contributed by atoms with Crippen LogP contribution in [0.4, 0.5) is 0 Å². The molecule has 0 saturated carbocycles. The number of nitriles is 2. The van der Waals surface area contributed by atoms with Crippen LogP contribution in [0.25, 0.3) is 17.5 Å². The summed E-state index contributed by atoms with van der Waals surface area (Å²) in [6, 6.07) is 19.2. The van der Waals surface area contributed by atoms with Gasteiger partial charge in [-0.1, -0.05) is 68.3 Å². The molecule has 0 amide bonds. The van der Waals surface area contributed by atoms with Crippen LogP contribution < -0.4 is 20.5 Å². The highest BCUT2D eigenvalue weighted by Crippen LogP contribution is 2.38. The third-order valence-corrected chi connectivity index (χ3v) is 7.35. The molecular weight excluding hydrogens is 528 g/mol. The topological polar surface area (TPSA) is 95.6 Å². The summed E-state index contributed by atoms with van der Waals surface area (Å²) < 4.78 is 3.75. The minimum atomic E-state index is -0.648. The molecule has 146 valence electrons. The van der Waals surface area contributed by atoms with Crippen LogP contribution in [0.2, 0.25) is 0 Å². The smallest absolute Gasteiger partial charge is 0.274 e. The molecule has 2 heterocycles. The standard InChI is InChI=1S/C22H12Br2N4OS/c23-16-7-3-1-5-12(16)9-18-21(29)28-20(27)14(10-25)19(15(11-26)22(28)30-18)13-6-2-4-8-17(13)24/h1-9,19H,27H2. The summed E-state index contributed by atoms with van der Waals surface area (Å²) in [5.74, 6) is -0.592.